The lowest BCUT2D eigenvalue weighted by Crippen LogP contribution is -2.32. The van der Waals surface area contributed by atoms with Crippen molar-refractivity contribution in [3.05, 3.63) is 94.7 Å². The average Bonchev–Trinajstić information content (AvgIpc) is 3.06. The highest BCUT2D eigenvalue weighted by Crippen LogP contribution is 2.33. The highest BCUT2D eigenvalue weighted by molar-refractivity contribution is 6.36. The van der Waals surface area contributed by atoms with Crippen molar-refractivity contribution in [2.24, 2.45) is 0 Å². The van der Waals surface area contributed by atoms with Gasteiger partial charge in [0.05, 0.1) is 25.8 Å². The number of imide groups is 1. The normalized spacial score (nSPS) is 13.5. The standard InChI is InChI=1S/C28H28N2O4/c1-5-34-24-8-6-7-22(16-24)29-26-25(21-12-9-18(2)19(3)15-21)27(31)30(28(26)32)17-20-10-13-23(33-4)14-11-20/h6-16,29H,5,17H2,1-4H3. The molecule has 34 heavy (non-hydrogen) atoms. The predicted octanol–water partition coefficient (Wildman–Crippen LogP) is 5.10. The van der Waals surface area contributed by atoms with Crippen LogP contribution in [-0.4, -0.2) is 30.4 Å². The van der Waals surface area contributed by atoms with Crippen LogP contribution in [0.15, 0.2) is 72.4 Å². The van der Waals surface area contributed by atoms with Crippen molar-refractivity contribution in [1.29, 1.82) is 0 Å². The summed E-state index contributed by atoms with van der Waals surface area (Å²) in [4.78, 5) is 28.4. The van der Waals surface area contributed by atoms with Crippen LogP contribution >= 0.6 is 0 Å². The largest absolute Gasteiger partial charge is 0.497 e. The Hall–Kier alpha value is -4.06. The molecule has 3 aromatic rings. The van der Waals surface area contributed by atoms with Crippen LogP contribution < -0.4 is 14.8 Å². The van der Waals surface area contributed by atoms with Crippen molar-refractivity contribution in [3.63, 3.8) is 0 Å². The number of nitrogens with one attached hydrogen (secondary N) is 1. The van der Waals surface area contributed by atoms with Gasteiger partial charge in [-0.05, 0) is 67.3 Å². The summed E-state index contributed by atoms with van der Waals surface area (Å²) in [5.74, 6) is 0.712. The molecule has 174 valence electrons. The van der Waals surface area contributed by atoms with E-state index in [0.717, 1.165) is 16.7 Å². The number of benzene rings is 3. The SMILES string of the molecule is CCOc1cccc(NC2=C(c3ccc(C)c(C)c3)C(=O)N(Cc3ccc(OC)cc3)C2=O)c1. The Labute approximate surface area is 199 Å². The third-order valence-electron chi connectivity index (χ3n) is 5.88. The molecule has 4 rings (SSSR count). The molecule has 1 aliphatic heterocycles. The van der Waals surface area contributed by atoms with Gasteiger partial charge in [0.15, 0.2) is 0 Å². The minimum atomic E-state index is -0.365. The first kappa shape index (κ1) is 23.1. The van der Waals surface area contributed by atoms with Crippen LogP contribution in [0.25, 0.3) is 5.57 Å². The zero-order chi connectivity index (χ0) is 24.2. The van der Waals surface area contributed by atoms with Crippen molar-refractivity contribution in [2.75, 3.05) is 19.0 Å². The molecule has 0 aliphatic carbocycles. The molecule has 0 unspecified atom stereocenters. The number of ether oxygens (including phenoxy) is 2. The van der Waals surface area contributed by atoms with Crippen LogP contribution in [0.2, 0.25) is 0 Å². The maximum Gasteiger partial charge on any atom is 0.278 e. The molecule has 1 heterocycles. The zero-order valence-corrected chi connectivity index (χ0v) is 19.8. The fourth-order valence-electron chi connectivity index (χ4n) is 3.89. The Morgan fingerprint density at radius 2 is 1.62 bits per heavy atom. The summed E-state index contributed by atoms with van der Waals surface area (Å²) in [5.41, 5.74) is 5.02. The number of amides is 2. The van der Waals surface area contributed by atoms with E-state index in [1.54, 1.807) is 7.11 Å². The topological polar surface area (TPSA) is 67.9 Å². The number of hydrogen-bond acceptors (Lipinski definition) is 5. The van der Waals surface area contributed by atoms with Crippen LogP contribution in [-0.2, 0) is 16.1 Å². The first-order valence-corrected chi connectivity index (χ1v) is 11.2. The van der Waals surface area contributed by atoms with Gasteiger partial charge in [0.25, 0.3) is 11.8 Å². The van der Waals surface area contributed by atoms with Gasteiger partial charge < -0.3 is 14.8 Å². The fraction of sp³-hybridized carbons (Fsp3) is 0.214. The molecule has 3 aromatic carbocycles. The van der Waals surface area contributed by atoms with E-state index in [-0.39, 0.29) is 24.1 Å². The zero-order valence-electron chi connectivity index (χ0n) is 19.8. The lowest BCUT2D eigenvalue weighted by molar-refractivity contribution is -0.137. The molecule has 0 radical (unpaired) electrons. The highest BCUT2D eigenvalue weighted by atomic mass is 16.5. The Balaban J connectivity index is 1.72. The smallest absolute Gasteiger partial charge is 0.278 e. The van der Waals surface area contributed by atoms with Crippen LogP contribution in [0.3, 0.4) is 0 Å². The summed E-state index contributed by atoms with van der Waals surface area (Å²) in [6, 6.07) is 20.5. The maximum absolute atomic E-state index is 13.6. The second-order valence-electron chi connectivity index (χ2n) is 8.18. The van der Waals surface area contributed by atoms with Crippen molar-refractivity contribution in [2.45, 2.75) is 27.3 Å². The number of rotatable bonds is 8. The van der Waals surface area contributed by atoms with E-state index in [2.05, 4.69) is 5.32 Å². The summed E-state index contributed by atoms with van der Waals surface area (Å²) in [7, 11) is 1.60. The minimum absolute atomic E-state index is 0.167. The van der Waals surface area contributed by atoms with Gasteiger partial charge in [-0.25, -0.2) is 0 Å². The number of anilines is 1. The van der Waals surface area contributed by atoms with E-state index in [9.17, 15) is 9.59 Å². The van der Waals surface area contributed by atoms with Gasteiger partial charge in [-0.15, -0.1) is 0 Å². The van der Waals surface area contributed by atoms with Gasteiger partial charge in [-0.2, -0.15) is 0 Å². The fourth-order valence-corrected chi connectivity index (χ4v) is 3.89. The molecule has 0 bridgehead atoms. The number of carbonyl (C=O) groups excluding carboxylic acids is 2. The molecule has 6 nitrogen and oxygen atoms in total. The van der Waals surface area contributed by atoms with Gasteiger partial charge in [0.2, 0.25) is 0 Å². The number of nitrogens with zero attached hydrogens (tertiary/aromatic N) is 1. The van der Waals surface area contributed by atoms with E-state index in [4.69, 9.17) is 9.47 Å². The quantitative estimate of drug-likeness (QED) is 0.478. The molecular weight excluding hydrogens is 428 g/mol. The molecule has 2 amide bonds. The van der Waals surface area contributed by atoms with Gasteiger partial charge in [-0.3, -0.25) is 14.5 Å². The molecule has 0 saturated heterocycles. The minimum Gasteiger partial charge on any atom is -0.497 e. The second-order valence-corrected chi connectivity index (χ2v) is 8.18. The molecule has 0 atom stereocenters. The average molecular weight is 457 g/mol. The summed E-state index contributed by atoms with van der Waals surface area (Å²) in [6.45, 7) is 6.63. The van der Waals surface area contributed by atoms with Crippen molar-refractivity contribution in [3.8, 4) is 11.5 Å². The number of methoxy groups -OCH3 is 1. The number of aryl methyl sites for hydroxylation is 2. The molecule has 1 aliphatic rings. The van der Waals surface area contributed by atoms with E-state index in [1.165, 1.54) is 4.90 Å². The third kappa shape index (κ3) is 4.66. The van der Waals surface area contributed by atoms with Crippen LogP contribution in [0.4, 0.5) is 5.69 Å². The Bertz CT molecular complexity index is 1260. The molecule has 1 N–H and O–H groups in total. The van der Waals surface area contributed by atoms with Gasteiger partial charge in [0.1, 0.15) is 17.2 Å². The van der Waals surface area contributed by atoms with E-state index < -0.39 is 0 Å². The molecule has 0 fully saturated rings. The van der Waals surface area contributed by atoms with E-state index >= 15 is 0 Å². The van der Waals surface area contributed by atoms with E-state index in [1.807, 2.05) is 87.5 Å². The summed E-state index contributed by atoms with van der Waals surface area (Å²) in [5, 5.41) is 3.20. The van der Waals surface area contributed by atoms with Crippen molar-refractivity contribution >= 4 is 23.1 Å². The summed E-state index contributed by atoms with van der Waals surface area (Å²) < 4.78 is 10.8. The monoisotopic (exact) mass is 456 g/mol. The molecule has 0 spiro atoms. The maximum atomic E-state index is 13.6. The summed E-state index contributed by atoms with van der Waals surface area (Å²) >= 11 is 0. The molecule has 0 aromatic heterocycles. The lowest BCUT2D eigenvalue weighted by Gasteiger charge is -2.16. The first-order valence-electron chi connectivity index (χ1n) is 11.2. The second kappa shape index (κ2) is 9.83. The van der Waals surface area contributed by atoms with E-state index in [0.29, 0.717) is 34.9 Å². The summed E-state index contributed by atoms with van der Waals surface area (Å²) in [6.07, 6.45) is 0. The lowest BCUT2D eigenvalue weighted by atomic mass is 9.99. The first-order chi connectivity index (χ1) is 16.4. The van der Waals surface area contributed by atoms with Gasteiger partial charge in [0, 0.05) is 11.8 Å². The molecule has 0 saturated carbocycles. The Morgan fingerprint density at radius 1 is 0.853 bits per heavy atom. The molecule has 6 heteroatoms. The Morgan fingerprint density at radius 3 is 2.29 bits per heavy atom. The van der Waals surface area contributed by atoms with Crippen molar-refractivity contribution in [1.82, 2.24) is 4.90 Å². The number of hydrogen-bond donors (Lipinski definition) is 1. The van der Waals surface area contributed by atoms with Crippen LogP contribution in [0, 0.1) is 13.8 Å². The van der Waals surface area contributed by atoms with Gasteiger partial charge >= 0.3 is 0 Å². The van der Waals surface area contributed by atoms with Crippen LogP contribution in [0.1, 0.15) is 29.2 Å². The molecular formula is C28H28N2O4. The Kier molecular flexibility index (Phi) is 6.68. The highest BCUT2D eigenvalue weighted by Gasteiger charge is 2.39. The van der Waals surface area contributed by atoms with Gasteiger partial charge in [-0.1, -0.05) is 36.4 Å². The number of carbonyl (C=O) groups is 2. The van der Waals surface area contributed by atoms with Crippen LogP contribution in [0.5, 0.6) is 11.5 Å². The van der Waals surface area contributed by atoms with Crippen molar-refractivity contribution < 1.29 is 19.1 Å². The third-order valence-corrected chi connectivity index (χ3v) is 5.88. The predicted molar refractivity (Wildman–Crippen MR) is 133 cm³/mol.